The van der Waals surface area contributed by atoms with Gasteiger partial charge in [-0.1, -0.05) is 36.0 Å². The number of hydrogen-bond donors (Lipinski definition) is 1. The van der Waals surface area contributed by atoms with Crippen molar-refractivity contribution in [3.05, 3.63) is 65.0 Å². The molecule has 0 atom stereocenters. The first-order valence-corrected chi connectivity index (χ1v) is 10.6. The molecule has 0 aliphatic carbocycles. The molecule has 0 unspecified atom stereocenters. The SMILES string of the molecule is Cc1ccc(CNC(=O)C2CCN(Cc3ccc(SC(F)F)cc3)CC2)cc1F. The molecule has 1 aliphatic heterocycles. The van der Waals surface area contributed by atoms with Gasteiger partial charge < -0.3 is 5.32 Å². The maximum absolute atomic E-state index is 13.6. The van der Waals surface area contributed by atoms with Crippen LogP contribution in [0.4, 0.5) is 13.2 Å². The average Bonchev–Trinajstić information content (AvgIpc) is 2.70. The minimum atomic E-state index is -2.41. The molecule has 2 aromatic rings. The number of likely N-dealkylation sites (tertiary alicyclic amines) is 1. The van der Waals surface area contributed by atoms with Crippen molar-refractivity contribution < 1.29 is 18.0 Å². The molecule has 1 saturated heterocycles. The predicted molar refractivity (Wildman–Crippen MR) is 109 cm³/mol. The third kappa shape index (κ3) is 6.51. The zero-order chi connectivity index (χ0) is 20.8. The summed E-state index contributed by atoms with van der Waals surface area (Å²) < 4.78 is 38.4. The number of aryl methyl sites for hydroxylation is 1. The fourth-order valence-corrected chi connectivity index (χ4v) is 3.97. The molecular formula is C22H25F3N2OS. The number of alkyl halides is 2. The summed E-state index contributed by atoms with van der Waals surface area (Å²) in [5.41, 5.74) is 2.43. The standard InChI is InChI=1S/C22H25F3N2OS/c1-15-2-3-17(12-20(15)23)13-26-21(28)18-8-10-27(11-9-18)14-16-4-6-19(7-5-16)29-22(24)25/h2-7,12,18,22H,8-11,13-14H2,1H3,(H,26,28). The number of piperidine rings is 1. The van der Waals surface area contributed by atoms with Crippen molar-refractivity contribution in [2.24, 2.45) is 5.92 Å². The first-order chi connectivity index (χ1) is 13.9. The Morgan fingerprint density at radius 3 is 2.41 bits per heavy atom. The molecule has 3 rings (SSSR count). The predicted octanol–water partition coefficient (Wildman–Crippen LogP) is 4.98. The van der Waals surface area contributed by atoms with E-state index >= 15 is 0 Å². The van der Waals surface area contributed by atoms with Crippen molar-refractivity contribution in [3.63, 3.8) is 0 Å². The van der Waals surface area contributed by atoms with E-state index in [9.17, 15) is 18.0 Å². The van der Waals surface area contributed by atoms with Crippen molar-refractivity contribution in [2.75, 3.05) is 13.1 Å². The summed E-state index contributed by atoms with van der Waals surface area (Å²) in [5.74, 6) is -2.69. The third-order valence-electron chi connectivity index (χ3n) is 5.22. The van der Waals surface area contributed by atoms with Crippen LogP contribution >= 0.6 is 11.8 Å². The van der Waals surface area contributed by atoms with E-state index in [1.165, 1.54) is 6.07 Å². The van der Waals surface area contributed by atoms with Crippen LogP contribution in [-0.4, -0.2) is 29.7 Å². The van der Waals surface area contributed by atoms with Crippen molar-refractivity contribution in [1.82, 2.24) is 10.2 Å². The number of halogens is 3. The van der Waals surface area contributed by atoms with E-state index in [1.807, 2.05) is 18.2 Å². The summed E-state index contributed by atoms with van der Waals surface area (Å²) in [6.45, 7) is 4.41. The zero-order valence-corrected chi connectivity index (χ0v) is 17.2. The Hall–Kier alpha value is -1.99. The first-order valence-electron chi connectivity index (χ1n) is 9.69. The number of nitrogens with one attached hydrogen (secondary N) is 1. The second-order valence-electron chi connectivity index (χ2n) is 7.37. The van der Waals surface area contributed by atoms with Gasteiger partial charge >= 0.3 is 0 Å². The molecule has 29 heavy (non-hydrogen) atoms. The summed E-state index contributed by atoms with van der Waals surface area (Å²) in [5, 5.41) is 2.91. The molecular weight excluding hydrogens is 397 g/mol. The van der Waals surface area contributed by atoms with Gasteiger partial charge in [0.2, 0.25) is 5.91 Å². The van der Waals surface area contributed by atoms with Gasteiger partial charge in [-0.15, -0.1) is 0 Å². The minimum Gasteiger partial charge on any atom is -0.352 e. The van der Waals surface area contributed by atoms with Crippen LogP contribution < -0.4 is 5.32 Å². The molecule has 1 N–H and O–H groups in total. The number of amides is 1. The van der Waals surface area contributed by atoms with Crippen LogP contribution in [0, 0.1) is 18.7 Å². The Balaban J connectivity index is 1.42. The maximum atomic E-state index is 13.6. The summed E-state index contributed by atoms with van der Waals surface area (Å²) in [6.07, 6.45) is 1.54. The second-order valence-corrected chi connectivity index (χ2v) is 8.44. The van der Waals surface area contributed by atoms with Crippen LogP contribution in [0.3, 0.4) is 0 Å². The summed E-state index contributed by atoms with van der Waals surface area (Å²) in [6, 6.07) is 12.2. The lowest BCUT2D eigenvalue weighted by Gasteiger charge is -2.31. The number of carbonyl (C=O) groups excluding carboxylic acids is 1. The van der Waals surface area contributed by atoms with Gasteiger partial charge in [-0.25, -0.2) is 4.39 Å². The highest BCUT2D eigenvalue weighted by molar-refractivity contribution is 7.99. The largest absolute Gasteiger partial charge is 0.352 e. The van der Waals surface area contributed by atoms with Crippen LogP contribution in [0.2, 0.25) is 0 Å². The van der Waals surface area contributed by atoms with Gasteiger partial charge in [0, 0.05) is 23.9 Å². The quantitative estimate of drug-likeness (QED) is 0.639. The number of hydrogen-bond acceptors (Lipinski definition) is 3. The molecule has 1 amide bonds. The van der Waals surface area contributed by atoms with Crippen molar-refractivity contribution in [3.8, 4) is 0 Å². The van der Waals surface area contributed by atoms with Crippen LogP contribution in [0.1, 0.15) is 29.5 Å². The summed E-state index contributed by atoms with van der Waals surface area (Å²) in [7, 11) is 0. The van der Waals surface area contributed by atoms with Crippen molar-refractivity contribution in [2.45, 2.75) is 43.5 Å². The lowest BCUT2D eigenvalue weighted by atomic mass is 9.95. The fraction of sp³-hybridized carbons (Fsp3) is 0.409. The Morgan fingerprint density at radius 2 is 1.79 bits per heavy atom. The number of nitrogens with zero attached hydrogens (tertiary/aromatic N) is 1. The molecule has 0 bridgehead atoms. The number of thioether (sulfide) groups is 1. The lowest BCUT2D eigenvalue weighted by molar-refractivity contribution is -0.126. The minimum absolute atomic E-state index is 0.0130. The number of rotatable bonds is 7. The molecule has 156 valence electrons. The maximum Gasteiger partial charge on any atom is 0.288 e. The van der Waals surface area contributed by atoms with Crippen LogP contribution in [-0.2, 0) is 17.9 Å². The molecule has 1 fully saturated rings. The Morgan fingerprint density at radius 1 is 1.14 bits per heavy atom. The Bertz CT molecular complexity index is 821. The van der Waals surface area contributed by atoms with Crippen LogP contribution in [0.5, 0.6) is 0 Å². The average molecular weight is 423 g/mol. The normalized spacial score (nSPS) is 15.6. The third-order valence-corrected chi connectivity index (χ3v) is 5.94. The summed E-state index contributed by atoms with van der Waals surface area (Å²) >= 11 is 0.549. The highest BCUT2D eigenvalue weighted by Crippen LogP contribution is 2.26. The second kappa shape index (κ2) is 10.2. The molecule has 3 nitrogen and oxygen atoms in total. The monoisotopic (exact) mass is 422 g/mol. The summed E-state index contributed by atoms with van der Waals surface area (Å²) in [4.78, 5) is 15.3. The lowest BCUT2D eigenvalue weighted by Crippen LogP contribution is -2.40. The number of benzene rings is 2. The van der Waals surface area contributed by atoms with E-state index in [0.717, 1.165) is 43.6 Å². The molecule has 0 aromatic heterocycles. The highest BCUT2D eigenvalue weighted by atomic mass is 32.2. The van der Waals surface area contributed by atoms with E-state index in [2.05, 4.69) is 10.2 Å². The molecule has 1 aliphatic rings. The number of carbonyl (C=O) groups is 1. The van der Waals surface area contributed by atoms with Gasteiger partial charge in [-0.3, -0.25) is 9.69 Å². The molecule has 7 heteroatoms. The first kappa shape index (κ1) is 21.7. The Labute approximate surface area is 173 Å². The van der Waals surface area contributed by atoms with E-state index in [4.69, 9.17) is 0 Å². The topological polar surface area (TPSA) is 32.3 Å². The molecule has 0 radical (unpaired) electrons. The van der Waals surface area contributed by atoms with Gasteiger partial charge in [-0.05, 0) is 67.7 Å². The zero-order valence-electron chi connectivity index (χ0n) is 16.3. The molecule has 2 aromatic carbocycles. The van der Waals surface area contributed by atoms with Crippen LogP contribution in [0.25, 0.3) is 0 Å². The highest BCUT2D eigenvalue weighted by Gasteiger charge is 2.24. The van der Waals surface area contributed by atoms with E-state index in [1.54, 1.807) is 25.1 Å². The fourth-order valence-electron chi connectivity index (χ4n) is 3.47. The Kier molecular flexibility index (Phi) is 7.61. The van der Waals surface area contributed by atoms with E-state index in [0.29, 0.717) is 28.8 Å². The van der Waals surface area contributed by atoms with Gasteiger partial charge in [-0.2, -0.15) is 8.78 Å². The molecule has 0 spiro atoms. The smallest absolute Gasteiger partial charge is 0.288 e. The van der Waals surface area contributed by atoms with Crippen molar-refractivity contribution in [1.29, 1.82) is 0 Å². The van der Waals surface area contributed by atoms with Crippen LogP contribution in [0.15, 0.2) is 47.4 Å². The van der Waals surface area contributed by atoms with E-state index in [-0.39, 0.29) is 17.6 Å². The molecule has 0 saturated carbocycles. The van der Waals surface area contributed by atoms with Gasteiger partial charge in [0.1, 0.15) is 5.82 Å². The van der Waals surface area contributed by atoms with Gasteiger partial charge in [0.15, 0.2) is 0 Å². The van der Waals surface area contributed by atoms with Gasteiger partial charge in [0.05, 0.1) is 0 Å². The van der Waals surface area contributed by atoms with E-state index < -0.39 is 5.76 Å². The molecule has 1 heterocycles. The van der Waals surface area contributed by atoms with Crippen molar-refractivity contribution >= 4 is 17.7 Å². The van der Waals surface area contributed by atoms with Gasteiger partial charge in [0.25, 0.3) is 5.76 Å².